The van der Waals surface area contributed by atoms with Crippen LogP contribution in [0.25, 0.3) is 0 Å². The zero-order valence-corrected chi connectivity index (χ0v) is 17.4. The van der Waals surface area contributed by atoms with Gasteiger partial charge in [-0.15, -0.1) is 5.10 Å². The first-order valence-electron chi connectivity index (χ1n) is 10.7. The first kappa shape index (κ1) is 20.1. The molecule has 8 heteroatoms. The Balaban J connectivity index is 1.43. The fourth-order valence-corrected chi connectivity index (χ4v) is 4.98. The second-order valence-electron chi connectivity index (χ2n) is 9.16. The van der Waals surface area contributed by atoms with E-state index in [9.17, 15) is 10.2 Å². The number of aliphatic hydroxyl groups is 2. The average molecular weight is 415 g/mol. The molecule has 8 nitrogen and oxygen atoms in total. The SMILES string of the molecule is CC1(C)O[C@H]2O[C@H](Cn3cc(C4(O)CCCCC4)nn3)[C@](O)(c3ccccc3)[C@H]2O1. The van der Waals surface area contributed by atoms with E-state index in [2.05, 4.69) is 10.3 Å². The van der Waals surface area contributed by atoms with Crippen LogP contribution in [0.2, 0.25) is 0 Å². The highest BCUT2D eigenvalue weighted by atomic mass is 16.8. The van der Waals surface area contributed by atoms with Gasteiger partial charge in [0, 0.05) is 0 Å². The van der Waals surface area contributed by atoms with Crippen LogP contribution in [0.3, 0.4) is 0 Å². The van der Waals surface area contributed by atoms with Crippen molar-refractivity contribution in [2.75, 3.05) is 0 Å². The van der Waals surface area contributed by atoms with Gasteiger partial charge in [-0.05, 0) is 32.3 Å². The molecule has 0 radical (unpaired) electrons. The molecule has 3 fully saturated rings. The molecule has 1 aromatic heterocycles. The minimum Gasteiger partial charge on any atom is -0.383 e. The fraction of sp³-hybridized carbons (Fsp3) is 0.636. The first-order valence-corrected chi connectivity index (χ1v) is 10.7. The van der Waals surface area contributed by atoms with Crippen molar-refractivity contribution >= 4 is 0 Å². The van der Waals surface area contributed by atoms with Crippen molar-refractivity contribution < 1.29 is 24.4 Å². The van der Waals surface area contributed by atoms with Crippen molar-refractivity contribution in [1.29, 1.82) is 0 Å². The molecule has 2 N–H and O–H groups in total. The van der Waals surface area contributed by atoms with Crippen molar-refractivity contribution in [3.05, 3.63) is 47.8 Å². The predicted octanol–water partition coefficient (Wildman–Crippen LogP) is 2.19. The van der Waals surface area contributed by atoms with Crippen molar-refractivity contribution in [2.45, 2.75) is 88.0 Å². The summed E-state index contributed by atoms with van der Waals surface area (Å²) in [6, 6.07) is 9.39. The van der Waals surface area contributed by atoms with Gasteiger partial charge in [-0.3, -0.25) is 0 Å². The van der Waals surface area contributed by atoms with Gasteiger partial charge in [-0.1, -0.05) is 54.8 Å². The minimum absolute atomic E-state index is 0.259. The third-order valence-electron chi connectivity index (χ3n) is 6.57. The maximum atomic E-state index is 11.9. The Morgan fingerprint density at radius 3 is 2.53 bits per heavy atom. The summed E-state index contributed by atoms with van der Waals surface area (Å²) < 4.78 is 19.7. The summed E-state index contributed by atoms with van der Waals surface area (Å²) in [5.41, 5.74) is -1.05. The van der Waals surface area contributed by atoms with Crippen LogP contribution in [0.5, 0.6) is 0 Å². The summed E-state index contributed by atoms with van der Waals surface area (Å²) in [6.07, 6.45) is 4.26. The smallest absolute Gasteiger partial charge is 0.191 e. The Hall–Kier alpha value is -1.84. The van der Waals surface area contributed by atoms with Gasteiger partial charge >= 0.3 is 0 Å². The third kappa shape index (κ3) is 3.27. The average Bonchev–Trinajstić information content (AvgIpc) is 3.38. The molecule has 2 saturated heterocycles. The molecular formula is C22H29N3O5. The molecule has 1 aromatic carbocycles. The molecule has 0 unspecified atom stereocenters. The number of aromatic nitrogens is 3. The monoisotopic (exact) mass is 415 g/mol. The largest absolute Gasteiger partial charge is 0.383 e. The maximum absolute atomic E-state index is 11.9. The van der Waals surface area contributed by atoms with E-state index < -0.39 is 35.5 Å². The number of benzene rings is 1. The van der Waals surface area contributed by atoms with Crippen LogP contribution in [0.4, 0.5) is 0 Å². The Morgan fingerprint density at radius 2 is 1.80 bits per heavy atom. The number of ether oxygens (including phenoxy) is 3. The highest BCUT2D eigenvalue weighted by Gasteiger charge is 2.63. The van der Waals surface area contributed by atoms with Gasteiger partial charge in [0.15, 0.2) is 12.1 Å². The van der Waals surface area contributed by atoms with Crippen LogP contribution >= 0.6 is 0 Å². The molecule has 4 atom stereocenters. The molecule has 2 aliphatic heterocycles. The summed E-state index contributed by atoms with van der Waals surface area (Å²) in [6.45, 7) is 3.88. The molecule has 2 aromatic rings. The Kier molecular flexibility index (Phi) is 4.75. The molecule has 3 aliphatic rings. The summed E-state index contributed by atoms with van der Waals surface area (Å²) >= 11 is 0. The highest BCUT2D eigenvalue weighted by Crippen LogP contribution is 2.48. The second-order valence-corrected chi connectivity index (χ2v) is 9.16. The van der Waals surface area contributed by atoms with E-state index in [4.69, 9.17) is 14.2 Å². The summed E-state index contributed by atoms with van der Waals surface area (Å²) in [7, 11) is 0. The van der Waals surface area contributed by atoms with E-state index in [1.807, 2.05) is 44.2 Å². The molecule has 1 aliphatic carbocycles. The number of hydrogen-bond acceptors (Lipinski definition) is 7. The third-order valence-corrected chi connectivity index (χ3v) is 6.57. The number of hydrogen-bond donors (Lipinski definition) is 2. The van der Waals surface area contributed by atoms with Crippen molar-refractivity contribution in [1.82, 2.24) is 15.0 Å². The fourth-order valence-electron chi connectivity index (χ4n) is 4.98. The Labute approximate surface area is 175 Å². The van der Waals surface area contributed by atoms with Crippen LogP contribution in [0, 0.1) is 0 Å². The topological polar surface area (TPSA) is 98.9 Å². The van der Waals surface area contributed by atoms with Crippen molar-refractivity contribution in [3.8, 4) is 0 Å². The molecule has 3 heterocycles. The Bertz CT molecular complexity index is 895. The molecule has 1 saturated carbocycles. The summed E-state index contributed by atoms with van der Waals surface area (Å²) in [4.78, 5) is 0. The number of rotatable bonds is 4. The molecule has 30 heavy (non-hydrogen) atoms. The molecule has 0 spiro atoms. The van der Waals surface area contributed by atoms with Gasteiger partial charge in [0.25, 0.3) is 0 Å². The van der Waals surface area contributed by atoms with Crippen LogP contribution in [-0.4, -0.2) is 49.5 Å². The van der Waals surface area contributed by atoms with E-state index in [1.54, 1.807) is 10.9 Å². The lowest BCUT2D eigenvalue weighted by atomic mass is 9.83. The quantitative estimate of drug-likeness (QED) is 0.790. The normalized spacial score (nSPS) is 34.7. The number of fused-ring (bicyclic) bond motifs is 1. The molecule has 0 amide bonds. The highest BCUT2D eigenvalue weighted by molar-refractivity contribution is 5.28. The van der Waals surface area contributed by atoms with Crippen LogP contribution < -0.4 is 0 Å². The standard InChI is InChI=1S/C22H29N3O5/c1-20(2)29-18-19(30-20)28-17(22(18,27)15-9-5-3-6-10-15)14-25-13-16(23-24-25)21(26)11-7-4-8-12-21/h3,5-6,9-10,13,17-19,26-27H,4,7-8,11-12,14H2,1-2H3/t17-,18+,19-,22-/m1/s1. The van der Waals surface area contributed by atoms with Gasteiger partial charge in [0.05, 0.1) is 12.7 Å². The predicted molar refractivity (Wildman–Crippen MR) is 106 cm³/mol. The maximum Gasteiger partial charge on any atom is 0.191 e. The van der Waals surface area contributed by atoms with E-state index in [1.165, 1.54) is 0 Å². The zero-order chi connectivity index (χ0) is 21.0. The van der Waals surface area contributed by atoms with E-state index in [-0.39, 0.29) is 6.54 Å². The van der Waals surface area contributed by atoms with Gasteiger partial charge in [-0.2, -0.15) is 0 Å². The van der Waals surface area contributed by atoms with E-state index in [0.29, 0.717) is 24.1 Å². The molecular weight excluding hydrogens is 386 g/mol. The van der Waals surface area contributed by atoms with Gasteiger partial charge < -0.3 is 24.4 Å². The number of nitrogens with zero attached hydrogens (tertiary/aromatic N) is 3. The van der Waals surface area contributed by atoms with Crippen LogP contribution in [0.15, 0.2) is 36.5 Å². The van der Waals surface area contributed by atoms with Crippen LogP contribution in [-0.2, 0) is 32.0 Å². The van der Waals surface area contributed by atoms with Crippen molar-refractivity contribution in [2.24, 2.45) is 0 Å². The second kappa shape index (κ2) is 7.10. The van der Waals surface area contributed by atoms with Gasteiger partial charge in [0.1, 0.15) is 29.1 Å². The Morgan fingerprint density at radius 1 is 1.07 bits per heavy atom. The lowest BCUT2D eigenvalue weighted by Gasteiger charge is -2.34. The zero-order valence-electron chi connectivity index (χ0n) is 17.4. The summed E-state index contributed by atoms with van der Waals surface area (Å²) in [5, 5.41) is 31.2. The lowest BCUT2D eigenvalue weighted by Crippen LogP contribution is -2.47. The first-order chi connectivity index (χ1) is 14.3. The van der Waals surface area contributed by atoms with Crippen LogP contribution in [0.1, 0.15) is 57.2 Å². The molecule has 5 rings (SSSR count). The summed E-state index contributed by atoms with van der Waals surface area (Å²) in [5.74, 6) is -0.840. The molecule has 162 valence electrons. The van der Waals surface area contributed by atoms with E-state index >= 15 is 0 Å². The minimum atomic E-state index is -1.41. The van der Waals surface area contributed by atoms with Gasteiger partial charge in [0.2, 0.25) is 0 Å². The van der Waals surface area contributed by atoms with E-state index in [0.717, 1.165) is 19.3 Å². The van der Waals surface area contributed by atoms with Gasteiger partial charge in [-0.25, -0.2) is 4.68 Å². The van der Waals surface area contributed by atoms with Crippen molar-refractivity contribution in [3.63, 3.8) is 0 Å². The lowest BCUT2D eigenvalue weighted by molar-refractivity contribution is -0.233. The molecule has 0 bridgehead atoms.